The van der Waals surface area contributed by atoms with Crippen molar-refractivity contribution in [1.82, 2.24) is 4.90 Å². The molecule has 0 aliphatic carbocycles. The molecule has 1 heterocycles. The lowest BCUT2D eigenvalue weighted by Gasteiger charge is -2.21. The third-order valence-electron chi connectivity index (χ3n) is 3.56. The van der Waals surface area contributed by atoms with Gasteiger partial charge in [0.1, 0.15) is 12.4 Å². The van der Waals surface area contributed by atoms with Gasteiger partial charge < -0.3 is 14.4 Å². The average molecular weight is 339 g/mol. The van der Waals surface area contributed by atoms with E-state index < -0.39 is 18.5 Å². The van der Waals surface area contributed by atoms with Crippen molar-refractivity contribution in [2.75, 3.05) is 26.3 Å². The molecule has 0 saturated carbocycles. The molecule has 0 N–H and O–H groups in total. The predicted octanol–water partition coefficient (Wildman–Crippen LogP) is 1.66. The lowest BCUT2D eigenvalue weighted by molar-refractivity contribution is -0.149. The first kappa shape index (κ1) is 18.0. The molecule has 1 aromatic rings. The minimum Gasteiger partial charge on any atom is -0.488 e. The number of hydrogen-bond donors (Lipinski definition) is 0. The smallest absolute Gasteiger partial charge is 0.338 e. The van der Waals surface area contributed by atoms with Crippen LogP contribution in [0.1, 0.15) is 18.4 Å². The van der Waals surface area contributed by atoms with Crippen LogP contribution in [-0.2, 0) is 14.3 Å². The van der Waals surface area contributed by atoms with Crippen molar-refractivity contribution in [3.8, 4) is 17.9 Å². The zero-order valence-electron chi connectivity index (χ0n) is 13.6. The van der Waals surface area contributed by atoms with Gasteiger partial charge in [-0.25, -0.2) is 4.79 Å². The van der Waals surface area contributed by atoms with Crippen molar-refractivity contribution >= 4 is 18.0 Å². The minimum atomic E-state index is -0.622. The third kappa shape index (κ3) is 5.08. The highest BCUT2D eigenvalue weighted by Gasteiger charge is 2.20. The summed E-state index contributed by atoms with van der Waals surface area (Å²) in [5.74, 6) is -0.366. The van der Waals surface area contributed by atoms with Crippen molar-refractivity contribution in [3.05, 3.63) is 35.4 Å². The summed E-state index contributed by atoms with van der Waals surface area (Å²) < 4.78 is 10.5. The summed E-state index contributed by atoms with van der Waals surface area (Å²) in [5, 5.41) is 17.3. The van der Waals surface area contributed by atoms with E-state index >= 15 is 0 Å². The van der Waals surface area contributed by atoms with E-state index in [1.807, 2.05) is 30.3 Å². The normalized spacial score (nSPS) is 11.8. The summed E-state index contributed by atoms with van der Waals surface area (Å²) in [6, 6.07) is 11.2. The third-order valence-corrected chi connectivity index (χ3v) is 3.56. The maximum absolute atomic E-state index is 12.1. The molecular formula is C18H17N3O4. The fraction of sp³-hybridized carbons (Fsp3) is 0.333. The second-order valence-corrected chi connectivity index (χ2v) is 5.27. The van der Waals surface area contributed by atoms with Crippen LogP contribution < -0.4 is 4.74 Å². The number of carbonyl (C=O) groups excluding carboxylic acids is 2. The Morgan fingerprint density at radius 3 is 2.52 bits per heavy atom. The van der Waals surface area contributed by atoms with E-state index in [0.29, 0.717) is 11.3 Å². The van der Waals surface area contributed by atoms with Gasteiger partial charge in [-0.3, -0.25) is 4.79 Å². The number of carbonyl (C=O) groups is 2. The highest BCUT2D eigenvalue weighted by Crippen LogP contribution is 2.26. The Bertz CT molecular complexity index is 740. The van der Waals surface area contributed by atoms with Gasteiger partial charge in [0.25, 0.3) is 5.91 Å². The Kier molecular flexibility index (Phi) is 6.56. The Morgan fingerprint density at radius 2 is 1.84 bits per heavy atom. The molecule has 1 aromatic carbocycles. The van der Waals surface area contributed by atoms with Crippen molar-refractivity contribution in [2.24, 2.45) is 0 Å². The van der Waals surface area contributed by atoms with Gasteiger partial charge >= 0.3 is 5.97 Å². The molecular weight excluding hydrogens is 322 g/mol. The van der Waals surface area contributed by atoms with E-state index in [4.69, 9.17) is 20.0 Å². The Labute approximate surface area is 145 Å². The van der Waals surface area contributed by atoms with E-state index in [1.54, 1.807) is 12.1 Å². The first-order chi connectivity index (χ1) is 12.2. The standard InChI is InChI=1S/C18H17N3O4/c19-7-3-9-21(10-4-8-20)17(22)13-25-18(23)15-11-14-5-1-2-6-16(14)24-12-15/h1-2,5-6,11H,3-4,9-10,12-13H2. The van der Waals surface area contributed by atoms with E-state index in [1.165, 1.54) is 4.90 Å². The molecule has 1 amide bonds. The van der Waals surface area contributed by atoms with E-state index in [2.05, 4.69) is 0 Å². The molecule has 0 radical (unpaired) electrons. The van der Waals surface area contributed by atoms with Crippen molar-refractivity contribution in [1.29, 1.82) is 10.5 Å². The summed E-state index contributed by atoms with van der Waals surface area (Å²) in [4.78, 5) is 25.6. The largest absolute Gasteiger partial charge is 0.488 e. The Balaban J connectivity index is 1.92. The highest BCUT2D eigenvalue weighted by atomic mass is 16.5. The van der Waals surface area contributed by atoms with E-state index in [0.717, 1.165) is 5.56 Å². The molecule has 25 heavy (non-hydrogen) atoms. The number of esters is 1. The van der Waals surface area contributed by atoms with Crippen LogP contribution in [0.5, 0.6) is 5.75 Å². The van der Waals surface area contributed by atoms with Crippen molar-refractivity contribution in [3.63, 3.8) is 0 Å². The summed E-state index contributed by atoms with van der Waals surface area (Å²) in [7, 11) is 0. The Morgan fingerprint density at radius 1 is 1.16 bits per heavy atom. The molecule has 7 nitrogen and oxygen atoms in total. The summed E-state index contributed by atoms with van der Waals surface area (Å²) >= 11 is 0. The number of ether oxygens (including phenoxy) is 2. The molecule has 0 bridgehead atoms. The molecule has 0 saturated heterocycles. The summed E-state index contributed by atoms with van der Waals surface area (Å²) in [5.41, 5.74) is 1.10. The molecule has 1 aliphatic rings. The maximum atomic E-state index is 12.1. The highest BCUT2D eigenvalue weighted by molar-refractivity contribution is 5.96. The van der Waals surface area contributed by atoms with Crippen LogP contribution >= 0.6 is 0 Å². The van der Waals surface area contributed by atoms with Gasteiger partial charge in [-0.2, -0.15) is 10.5 Å². The van der Waals surface area contributed by atoms with Crippen LogP contribution in [0.4, 0.5) is 0 Å². The quantitative estimate of drug-likeness (QED) is 0.700. The lowest BCUT2D eigenvalue weighted by Crippen LogP contribution is -2.36. The first-order valence-corrected chi connectivity index (χ1v) is 7.77. The predicted molar refractivity (Wildman–Crippen MR) is 87.9 cm³/mol. The number of benzene rings is 1. The second kappa shape index (κ2) is 9.09. The van der Waals surface area contributed by atoms with Gasteiger partial charge in [0.2, 0.25) is 0 Å². The monoisotopic (exact) mass is 339 g/mol. The number of nitriles is 2. The molecule has 0 fully saturated rings. The van der Waals surface area contributed by atoms with Gasteiger partial charge in [0.05, 0.1) is 30.6 Å². The molecule has 7 heteroatoms. The second-order valence-electron chi connectivity index (χ2n) is 5.27. The van der Waals surface area contributed by atoms with E-state index in [9.17, 15) is 9.59 Å². The van der Waals surface area contributed by atoms with Crippen LogP contribution in [0.3, 0.4) is 0 Å². The van der Waals surface area contributed by atoms with Gasteiger partial charge in [0.15, 0.2) is 6.61 Å². The fourth-order valence-corrected chi connectivity index (χ4v) is 2.28. The molecule has 0 spiro atoms. The zero-order valence-corrected chi connectivity index (χ0v) is 13.6. The number of para-hydroxylation sites is 1. The van der Waals surface area contributed by atoms with Crippen LogP contribution in [-0.4, -0.2) is 43.1 Å². The van der Waals surface area contributed by atoms with Crippen LogP contribution in [0.25, 0.3) is 6.08 Å². The molecule has 0 aromatic heterocycles. The molecule has 128 valence electrons. The number of nitrogens with zero attached hydrogens (tertiary/aromatic N) is 3. The van der Waals surface area contributed by atoms with Gasteiger partial charge in [-0.1, -0.05) is 18.2 Å². The summed E-state index contributed by atoms with van der Waals surface area (Å²) in [6.45, 7) is 0.0484. The van der Waals surface area contributed by atoms with Crippen LogP contribution in [0.15, 0.2) is 29.8 Å². The molecule has 0 unspecified atom stereocenters. The fourth-order valence-electron chi connectivity index (χ4n) is 2.28. The molecule has 1 aliphatic heterocycles. The maximum Gasteiger partial charge on any atom is 0.338 e. The van der Waals surface area contributed by atoms with Gasteiger partial charge in [-0.15, -0.1) is 0 Å². The van der Waals surface area contributed by atoms with Crippen LogP contribution in [0.2, 0.25) is 0 Å². The number of hydrogen-bond acceptors (Lipinski definition) is 6. The lowest BCUT2D eigenvalue weighted by atomic mass is 10.1. The SMILES string of the molecule is N#CCCN(CCC#N)C(=O)COC(=O)C1=Cc2ccccc2OC1. The van der Waals surface area contributed by atoms with Gasteiger partial charge in [0, 0.05) is 18.7 Å². The molecule has 2 rings (SSSR count). The molecule has 0 atom stereocenters. The van der Waals surface area contributed by atoms with Crippen LogP contribution in [0, 0.1) is 22.7 Å². The first-order valence-electron chi connectivity index (χ1n) is 7.77. The zero-order chi connectivity index (χ0) is 18.1. The summed E-state index contributed by atoms with van der Waals surface area (Å²) in [6.07, 6.45) is 1.98. The minimum absolute atomic E-state index is 0.0800. The van der Waals surface area contributed by atoms with Crippen molar-refractivity contribution in [2.45, 2.75) is 12.8 Å². The number of fused-ring (bicyclic) bond motifs is 1. The van der Waals surface area contributed by atoms with Gasteiger partial charge in [-0.05, 0) is 12.1 Å². The topological polar surface area (TPSA) is 103 Å². The number of amides is 1. The average Bonchev–Trinajstić information content (AvgIpc) is 2.65. The Hall–Kier alpha value is -3.32. The van der Waals surface area contributed by atoms with Crippen molar-refractivity contribution < 1.29 is 19.1 Å². The van der Waals surface area contributed by atoms with E-state index in [-0.39, 0.29) is 32.5 Å². The number of rotatable bonds is 7.